The average Bonchev–Trinajstić information content (AvgIpc) is 3.60. The highest BCUT2D eigenvalue weighted by Crippen LogP contribution is 2.60. The highest BCUT2D eigenvalue weighted by Gasteiger charge is 2.49. The van der Waals surface area contributed by atoms with Crippen LogP contribution in [0.5, 0.6) is 0 Å². The molecule has 1 aromatic carbocycles. The highest BCUT2D eigenvalue weighted by molar-refractivity contribution is 7.54. The predicted octanol–water partition coefficient (Wildman–Crippen LogP) is 7.50. The number of aliphatic hydroxyl groups excluding tert-OH is 1. The van der Waals surface area contributed by atoms with E-state index < -0.39 is 57.1 Å². The summed E-state index contributed by atoms with van der Waals surface area (Å²) in [5, 5.41) is 16.5. The van der Waals surface area contributed by atoms with E-state index in [4.69, 9.17) is 43.4 Å². The zero-order valence-corrected chi connectivity index (χ0v) is 30.4. The lowest BCUT2D eigenvalue weighted by Crippen LogP contribution is -2.27. The normalized spacial score (nSPS) is 24.3. The van der Waals surface area contributed by atoms with E-state index in [9.17, 15) is 19.0 Å². The van der Waals surface area contributed by atoms with Crippen molar-refractivity contribution in [3.8, 4) is 0 Å². The Bertz CT molecular complexity index is 1330. The Morgan fingerprint density at radius 3 is 1.56 bits per heavy atom. The molecule has 2 saturated heterocycles. The number of esters is 1. The van der Waals surface area contributed by atoms with Gasteiger partial charge in [-0.15, -0.1) is 0 Å². The van der Waals surface area contributed by atoms with Crippen molar-refractivity contribution in [2.75, 3.05) is 13.2 Å². The summed E-state index contributed by atoms with van der Waals surface area (Å²) in [5.74, 6) is -2.26. The lowest BCUT2D eigenvalue weighted by atomic mass is 10.1. The second kappa shape index (κ2) is 19.6. The van der Waals surface area contributed by atoms with Crippen molar-refractivity contribution in [3.63, 3.8) is 0 Å². The van der Waals surface area contributed by atoms with Gasteiger partial charge in [0.1, 0.15) is 12.7 Å². The van der Waals surface area contributed by atoms with Crippen LogP contribution >= 0.6 is 15.2 Å². The van der Waals surface area contributed by atoms with Crippen molar-refractivity contribution in [2.24, 2.45) is 10.2 Å². The largest absolute Gasteiger partial charge is 0.459 e. The van der Waals surface area contributed by atoms with Crippen LogP contribution in [0.4, 0.5) is 0 Å². The van der Waals surface area contributed by atoms with E-state index in [0.29, 0.717) is 5.56 Å². The molecule has 0 saturated carbocycles. The van der Waals surface area contributed by atoms with Crippen LogP contribution in [0.1, 0.15) is 78.6 Å². The zero-order valence-electron chi connectivity index (χ0n) is 28.6. The Hall–Kier alpha value is -2.51. The molecule has 0 aromatic heterocycles. The van der Waals surface area contributed by atoms with Crippen molar-refractivity contribution in [1.29, 1.82) is 0 Å². The fraction of sp³-hybridized carbons (Fsp3) is 0.759. The van der Waals surface area contributed by atoms with E-state index in [1.165, 1.54) is 0 Å². The molecule has 270 valence electrons. The van der Waals surface area contributed by atoms with Gasteiger partial charge in [0, 0.05) is 9.82 Å². The van der Waals surface area contributed by atoms with Gasteiger partial charge in [0.2, 0.25) is 0 Å². The van der Waals surface area contributed by atoms with Gasteiger partial charge in [0.15, 0.2) is 11.7 Å². The van der Waals surface area contributed by atoms with Gasteiger partial charge in [-0.05, 0) is 91.4 Å². The van der Waals surface area contributed by atoms with Crippen LogP contribution in [0.15, 0.2) is 40.6 Å². The van der Waals surface area contributed by atoms with Gasteiger partial charge < -0.3 is 37.4 Å². The van der Waals surface area contributed by atoms with Crippen molar-refractivity contribution < 1.29 is 51.3 Å². The van der Waals surface area contributed by atoms with E-state index >= 15 is 0 Å². The topological polar surface area (TPSA) is 234 Å². The molecule has 0 amide bonds. The monoisotopic (exact) mass is 718 g/mol. The van der Waals surface area contributed by atoms with Crippen molar-refractivity contribution in [3.05, 3.63) is 56.8 Å². The van der Waals surface area contributed by atoms with Crippen molar-refractivity contribution in [1.82, 2.24) is 0 Å². The first-order chi connectivity index (χ1) is 22.6. The summed E-state index contributed by atoms with van der Waals surface area (Å²) in [7, 11) is -7.14. The molecule has 17 nitrogen and oxygen atoms in total. The lowest BCUT2D eigenvalue weighted by molar-refractivity contribution is -0.00327. The van der Waals surface area contributed by atoms with E-state index in [2.05, 4.69) is 20.1 Å². The van der Waals surface area contributed by atoms with E-state index in [-0.39, 0.29) is 50.5 Å². The van der Waals surface area contributed by atoms with Crippen LogP contribution in [0, 0.1) is 0 Å². The third-order valence-electron chi connectivity index (χ3n) is 6.51. The van der Waals surface area contributed by atoms with Crippen LogP contribution in [0.3, 0.4) is 0 Å². The SMILES string of the molecule is CC(C)OP(=O)(OC(C)C)[C@H]1C[C@@H](N=[N+]=[N-])[C@@H](CO)O1.CC(C)OP(=O)(OC(C)C)[C@H]1C[C@@H](N=[N+]=[N-])[C@@H](COC(=O)c2ccccc2)O1. The second-order valence-corrected chi connectivity index (χ2v) is 16.3. The highest BCUT2D eigenvalue weighted by atomic mass is 31.2. The number of rotatable bonds is 16. The molecule has 0 aliphatic carbocycles. The standard InChI is InChI=1S/C18H26N3O6P.C11H22N3O5P/c1-12(2)26-28(23,27-13(3)4)17-10-15(20-21-19)16(25-17)11-24-18(22)14-8-6-5-7-9-14;1-7(2)18-20(16,19-8(3)4)11-5-9(13-14-12)10(6-15)17-11/h5-9,12-13,15-17H,10-11H2,1-4H3;7-11,15H,5-6H2,1-4H3/t15-,16-,17+;9-,10-,11+/m11/s1. The van der Waals surface area contributed by atoms with Gasteiger partial charge in [0.25, 0.3) is 0 Å². The Kier molecular flexibility index (Phi) is 17.0. The molecule has 3 rings (SSSR count). The fourth-order valence-electron chi connectivity index (χ4n) is 4.82. The predicted molar refractivity (Wildman–Crippen MR) is 176 cm³/mol. The number of ether oxygens (including phenoxy) is 3. The molecule has 0 radical (unpaired) electrons. The van der Waals surface area contributed by atoms with Crippen molar-refractivity contribution in [2.45, 2.75) is 129 Å². The van der Waals surface area contributed by atoms with Gasteiger partial charge in [-0.2, -0.15) is 0 Å². The summed E-state index contributed by atoms with van der Waals surface area (Å²) >= 11 is 0. The molecule has 0 bridgehead atoms. The van der Waals surface area contributed by atoms with E-state index in [1.54, 1.807) is 85.7 Å². The minimum atomic E-state index is -3.63. The van der Waals surface area contributed by atoms with Gasteiger partial charge >= 0.3 is 21.2 Å². The van der Waals surface area contributed by atoms with E-state index in [0.717, 1.165) is 0 Å². The summed E-state index contributed by atoms with van der Waals surface area (Å²) in [5.41, 5.74) is 17.8. The van der Waals surface area contributed by atoms with Crippen LogP contribution in [0.25, 0.3) is 20.9 Å². The summed E-state index contributed by atoms with van der Waals surface area (Å²) in [4.78, 5) is 17.7. The molecule has 2 heterocycles. The minimum Gasteiger partial charge on any atom is -0.459 e. The number of benzene rings is 1. The van der Waals surface area contributed by atoms with Gasteiger partial charge in [-0.1, -0.05) is 28.4 Å². The quantitative estimate of drug-likeness (QED) is 0.0577. The van der Waals surface area contributed by atoms with Crippen molar-refractivity contribution >= 4 is 21.2 Å². The maximum Gasteiger partial charge on any atom is 0.359 e. The molecule has 48 heavy (non-hydrogen) atoms. The number of azide groups is 2. The molecule has 2 aliphatic heterocycles. The third kappa shape index (κ3) is 12.7. The Morgan fingerprint density at radius 2 is 1.19 bits per heavy atom. The second-order valence-electron chi connectivity index (χ2n) is 12.1. The Labute approximate surface area is 281 Å². The van der Waals surface area contributed by atoms with Crippen LogP contribution in [-0.2, 0) is 41.4 Å². The first-order valence-electron chi connectivity index (χ1n) is 15.7. The summed E-state index contributed by atoms with van der Waals surface area (Å²) in [6.45, 7) is 13.5. The molecule has 0 spiro atoms. The number of nitrogens with zero attached hydrogens (tertiary/aromatic N) is 6. The smallest absolute Gasteiger partial charge is 0.359 e. The minimum absolute atomic E-state index is 0.142. The zero-order chi connectivity index (χ0) is 36.1. The molecule has 2 fully saturated rings. The molecular weight excluding hydrogens is 670 g/mol. The fourth-order valence-corrected chi connectivity index (χ4v) is 9.38. The molecule has 19 heteroatoms. The molecule has 1 N–H and O–H groups in total. The first kappa shape index (κ1) is 41.7. The summed E-state index contributed by atoms with van der Waals surface area (Å²) in [6, 6.07) is 7.28. The van der Waals surface area contributed by atoms with Gasteiger partial charge in [0.05, 0.1) is 54.8 Å². The third-order valence-corrected chi connectivity index (χ3v) is 11.5. The number of hydrogen-bond acceptors (Lipinski definition) is 13. The number of carbonyl (C=O) groups excluding carboxylic acids is 1. The Morgan fingerprint density at radius 1 is 0.792 bits per heavy atom. The molecule has 1 aromatic rings. The molecule has 6 atom stereocenters. The average molecular weight is 719 g/mol. The summed E-state index contributed by atoms with van der Waals surface area (Å²) < 4.78 is 64.8. The number of aliphatic hydroxyl groups is 1. The maximum absolute atomic E-state index is 13.3. The van der Waals surface area contributed by atoms with Crippen LogP contribution < -0.4 is 0 Å². The summed E-state index contributed by atoms with van der Waals surface area (Å²) in [6.07, 6.45) is -2.37. The maximum atomic E-state index is 13.3. The molecule has 2 aliphatic rings. The Balaban J connectivity index is 0.000000353. The van der Waals surface area contributed by atoms with Gasteiger partial charge in [-0.25, -0.2) is 4.79 Å². The van der Waals surface area contributed by atoms with Crippen LogP contribution in [0.2, 0.25) is 0 Å². The molecule has 0 unspecified atom stereocenters. The van der Waals surface area contributed by atoms with Crippen LogP contribution in [-0.4, -0.2) is 84.7 Å². The van der Waals surface area contributed by atoms with Gasteiger partial charge in [-0.3, -0.25) is 9.13 Å². The lowest BCUT2D eigenvalue weighted by Gasteiger charge is -2.27. The molecular formula is C29H48N6O11P2. The number of carbonyl (C=O) groups is 1. The first-order valence-corrected chi connectivity index (χ1v) is 18.9. The van der Waals surface area contributed by atoms with E-state index in [1.807, 2.05) is 0 Å². The number of hydrogen-bond donors (Lipinski definition) is 1.